The van der Waals surface area contributed by atoms with Crippen LogP contribution in [0, 0.1) is 21.4 Å². The first-order chi connectivity index (χ1) is 11.8. The maximum Gasteiger partial charge on any atom is 0.288 e. The Hall–Kier alpha value is -3.01. The van der Waals surface area contributed by atoms with Crippen LogP contribution in [0.5, 0.6) is 0 Å². The van der Waals surface area contributed by atoms with Gasteiger partial charge in [-0.15, -0.1) is 0 Å². The van der Waals surface area contributed by atoms with Gasteiger partial charge in [-0.3, -0.25) is 10.1 Å². The van der Waals surface area contributed by atoms with Gasteiger partial charge >= 0.3 is 0 Å². The summed E-state index contributed by atoms with van der Waals surface area (Å²) in [5.74, 6) is 0. The van der Waals surface area contributed by atoms with Crippen molar-refractivity contribution in [3.63, 3.8) is 0 Å². The third-order valence-electron chi connectivity index (χ3n) is 3.28. The number of nitrogen functional groups attached to an aromatic ring is 1. The van der Waals surface area contributed by atoms with Crippen molar-refractivity contribution in [1.29, 1.82) is 5.26 Å². The molecule has 8 heteroatoms. The molecule has 0 radical (unpaired) electrons. The maximum absolute atomic E-state index is 11.0. The summed E-state index contributed by atoms with van der Waals surface area (Å²) in [6, 6.07) is 11.5. The molecule has 3 N–H and O–H groups in total. The number of nitro groups is 1. The van der Waals surface area contributed by atoms with Crippen LogP contribution < -0.4 is 11.1 Å². The molecule has 0 aliphatic carbocycles. The maximum atomic E-state index is 11.0. The molecule has 0 saturated heterocycles. The Labute approximate surface area is 153 Å². The number of nitro benzene ring substituents is 1. The second kappa shape index (κ2) is 7.71. The zero-order chi connectivity index (χ0) is 18.6. The molecule has 0 aromatic heterocycles. The minimum absolute atomic E-state index is 0.104. The van der Waals surface area contributed by atoms with Crippen molar-refractivity contribution in [2.45, 2.75) is 0 Å². The number of nitrogens with one attached hydrogen (secondary N) is 1. The summed E-state index contributed by atoms with van der Waals surface area (Å²) in [5.41, 5.74) is 7.11. The second-order valence-electron chi connectivity index (χ2n) is 4.91. The molecule has 126 valence electrons. The summed E-state index contributed by atoms with van der Waals surface area (Å²) in [4.78, 5) is 10.4. The Morgan fingerprint density at radius 3 is 2.60 bits per heavy atom. The Morgan fingerprint density at radius 1 is 1.32 bits per heavy atom. The van der Waals surface area contributed by atoms with Crippen LogP contribution in [0.3, 0.4) is 0 Å². The Balaban J connectivity index is 2.43. The minimum atomic E-state index is -0.625. The summed E-state index contributed by atoms with van der Waals surface area (Å²) in [6.45, 7) is 3.80. The number of nitrogens with zero attached hydrogens (tertiary/aromatic N) is 2. The zero-order valence-electron chi connectivity index (χ0n) is 12.8. The highest BCUT2D eigenvalue weighted by Gasteiger charge is 2.18. The highest BCUT2D eigenvalue weighted by atomic mass is 35.5. The van der Waals surface area contributed by atoms with Crippen LogP contribution in [0.2, 0.25) is 10.0 Å². The standard InChI is InChI=1S/C17H12Cl2N4O2/c1-10(22-15-5-3-2-4-14(15)21)11(9-20)8-12-13(18)6-7-16(17(12)19)23(24)25/h2-8,22H,1,21H2. The van der Waals surface area contributed by atoms with E-state index in [0.717, 1.165) is 0 Å². The lowest BCUT2D eigenvalue weighted by molar-refractivity contribution is -0.384. The fourth-order valence-electron chi connectivity index (χ4n) is 2.00. The van der Waals surface area contributed by atoms with Crippen molar-refractivity contribution in [3.8, 4) is 6.07 Å². The number of allylic oxidation sites excluding steroid dienone is 1. The molecule has 0 fully saturated rings. The van der Waals surface area contributed by atoms with Gasteiger partial charge in [0.15, 0.2) is 0 Å². The van der Waals surface area contributed by atoms with Gasteiger partial charge in [-0.25, -0.2) is 0 Å². The quantitative estimate of drug-likeness (QED) is 0.251. The summed E-state index contributed by atoms with van der Waals surface area (Å²) in [7, 11) is 0. The number of benzene rings is 2. The molecule has 0 atom stereocenters. The van der Waals surface area contributed by atoms with E-state index in [4.69, 9.17) is 28.9 Å². The molecule has 0 aliphatic heterocycles. The van der Waals surface area contributed by atoms with Gasteiger partial charge in [0.05, 0.1) is 21.9 Å². The number of anilines is 2. The molecule has 0 heterocycles. The Bertz CT molecular complexity index is 933. The number of nitriles is 1. The molecule has 0 amide bonds. The highest BCUT2D eigenvalue weighted by Crippen LogP contribution is 2.35. The fourth-order valence-corrected chi connectivity index (χ4v) is 2.55. The van der Waals surface area contributed by atoms with Crippen LogP contribution in [-0.4, -0.2) is 4.92 Å². The zero-order valence-corrected chi connectivity index (χ0v) is 14.3. The van der Waals surface area contributed by atoms with Crippen molar-refractivity contribution >= 4 is 46.3 Å². The first kappa shape index (κ1) is 18.3. The average molecular weight is 375 g/mol. The highest BCUT2D eigenvalue weighted by molar-refractivity contribution is 6.38. The predicted molar refractivity (Wildman–Crippen MR) is 100 cm³/mol. The molecule has 2 aromatic carbocycles. The molecule has 0 unspecified atom stereocenters. The summed E-state index contributed by atoms with van der Waals surface area (Å²) < 4.78 is 0. The summed E-state index contributed by atoms with van der Waals surface area (Å²) in [6.07, 6.45) is 1.34. The monoisotopic (exact) mass is 374 g/mol. The van der Waals surface area contributed by atoms with Gasteiger partial charge in [0, 0.05) is 22.3 Å². The minimum Gasteiger partial charge on any atom is -0.397 e. The van der Waals surface area contributed by atoms with E-state index in [0.29, 0.717) is 11.4 Å². The van der Waals surface area contributed by atoms with E-state index in [2.05, 4.69) is 11.9 Å². The third-order valence-corrected chi connectivity index (χ3v) is 4.01. The van der Waals surface area contributed by atoms with Crippen LogP contribution in [0.25, 0.3) is 6.08 Å². The third kappa shape index (κ3) is 4.10. The number of para-hydroxylation sites is 2. The number of hydrogen-bond donors (Lipinski definition) is 2. The first-order valence-electron chi connectivity index (χ1n) is 6.90. The van der Waals surface area contributed by atoms with E-state index >= 15 is 0 Å². The van der Waals surface area contributed by atoms with Gasteiger partial charge in [-0.2, -0.15) is 5.26 Å². The number of hydrogen-bond acceptors (Lipinski definition) is 5. The Kier molecular flexibility index (Phi) is 5.65. The first-order valence-corrected chi connectivity index (χ1v) is 7.65. The van der Waals surface area contributed by atoms with Gasteiger partial charge in [0.2, 0.25) is 0 Å². The lowest BCUT2D eigenvalue weighted by atomic mass is 10.1. The van der Waals surface area contributed by atoms with E-state index < -0.39 is 4.92 Å². The largest absolute Gasteiger partial charge is 0.397 e. The molecule has 0 saturated carbocycles. The molecule has 0 bridgehead atoms. The summed E-state index contributed by atoms with van der Waals surface area (Å²) >= 11 is 12.1. The number of rotatable bonds is 5. The number of halogens is 2. The normalized spacial score (nSPS) is 10.8. The van der Waals surface area contributed by atoms with Crippen LogP contribution in [0.4, 0.5) is 17.1 Å². The lowest BCUT2D eigenvalue weighted by Gasteiger charge is -2.11. The van der Waals surface area contributed by atoms with E-state index in [9.17, 15) is 15.4 Å². The lowest BCUT2D eigenvalue weighted by Crippen LogP contribution is -2.03. The average Bonchev–Trinajstić information content (AvgIpc) is 2.56. The molecule has 2 rings (SSSR count). The Morgan fingerprint density at radius 2 is 2.00 bits per heavy atom. The van der Waals surface area contributed by atoms with Gasteiger partial charge in [-0.05, 0) is 24.3 Å². The van der Waals surface area contributed by atoms with Gasteiger partial charge in [0.25, 0.3) is 5.69 Å². The van der Waals surface area contributed by atoms with Gasteiger partial charge in [0.1, 0.15) is 11.1 Å². The molecule has 25 heavy (non-hydrogen) atoms. The van der Waals surface area contributed by atoms with Crippen LogP contribution in [0.1, 0.15) is 5.56 Å². The second-order valence-corrected chi connectivity index (χ2v) is 5.70. The molecule has 2 aromatic rings. The predicted octanol–water partition coefficient (Wildman–Crippen LogP) is 5.02. The molecule has 0 aliphatic rings. The topological polar surface area (TPSA) is 105 Å². The van der Waals surface area contributed by atoms with E-state index in [1.54, 1.807) is 24.3 Å². The van der Waals surface area contributed by atoms with Gasteiger partial charge < -0.3 is 11.1 Å². The van der Waals surface area contributed by atoms with E-state index in [1.165, 1.54) is 18.2 Å². The number of nitrogens with two attached hydrogens (primary N) is 1. The fraction of sp³-hybridized carbons (Fsp3) is 0. The smallest absolute Gasteiger partial charge is 0.288 e. The van der Waals surface area contributed by atoms with Crippen molar-refractivity contribution < 1.29 is 4.92 Å². The van der Waals surface area contributed by atoms with E-state index in [1.807, 2.05) is 6.07 Å². The van der Waals surface area contributed by atoms with E-state index in [-0.39, 0.29) is 32.6 Å². The molecule has 6 nitrogen and oxygen atoms in total. The van der Waals surface area contributed by atoms with Crippen molar-refractivity contribution in [3.05, 3.63) is 80.0 Å². The van der Waals surface area contributed by atoms with Crippen LogP contribution in [-0.2, 0) is 0 Å². The van der Waals surface area contributed by atoms with Crippen molar-refractivity contribution in [1.82, 2.24) is 0 Å². The molecule has 0 spiro atoms. The molecular weight excluding hydrogens is 363 g/mol. The molecular formula is C17H12Cl2N4O2. The SMILES string of the molecule is C=C(Nc1ccccc1N)C(C#N)=Cc1c(Cl)ccc([N+](=O)[O-])c1Cl. The van der Waals surface area contributed by atoms with Gasteiger partial charge in [-0.1, -0.05) is 41.9 Å². The van der Waals surface area contributed by atoms with Crippen molar-refractivity contribution in [2.75, 3.05) is 11.1 Å². The summed E-state index contributed by atoms with van der Waals surface area (Å²) in [5, 5.41) is 23.3. The van der Waals surface area contributed by atoms with Crippen LogP contribution >= 0.6 is 23.2 Å². The van der Waals surface area contributed by atoms with Crippen molar-refractivity contribution in [2.24, 2.45) is 0 Å². The van der Waals surface area contributed by atoms with Crippen LogP contribution in [0.15, 0.2) is 54.2 Å².